The molecule has 3 N–H and O–H groups in total. The number of unbranched alkanes of at least 4 members (excludes halogenated alkanes) is 1. The number of methoxy groups -OCH3 is 1. The number of allylic oxidation sites excluding steroid dienone is 2. The molecule has 2 rings (SSSR count). The van der Waals surface area contributed by atoms with Gasteiger partial charge in [-0.3, -0.25) is 9.59 Å². The van der Waals surface area contributed by atoms with Crippen LogP contribution in [0.25, 0.3) is 12.2 Å². The Balaban J connectivity index is 2.27. The van der Waals surface area contributed by atoms with E-state index < -0.39 is 5.41 Å². The van der Waals surface area contributed by atoms with Crippen molar-refractivity contribution in [3.8, 4) is 17.2 Å². The average molecular weight is 439 g/mol. The Hall–Kier alpha value is -3.38. The van der Waals surface area contributed by atoms with Gasteiger partial charge in [0.05, 0.1) is 19.1 Å². The molecule has 0 bridgehead atoms. The Kier molecular flexibility index (Phi) is 8.79. The second-order valence-electron chi connectivity index (χ2n) is 7.81. The van der Waals surface area contributed by atoms with Crippen molar-refractivity contribution in [2.45, 2.75) is 39.7 Å². The van der Waals surface area contributed by atoms with E-state index in [0.29, 0.717) is 28.9 Å². The van der Waals surface area contributed by atoms with E-state index in [4.69, 9.17) is 4.74 Å². The van der Waals surface area contributed by atoms with Gasteiger partial charge in [-0.1, -0.05) is 44.1 Å². The van der Waals surface area contributed by atoms with Gasteiger partial charge >= 0.3 is 0 Å². The zero-order valence-corrected chi connectivity index (χ0v) is 18.7. The van der Waals surface area contributed by atoms with Crippen molar-refractivity contribution < 1.29 is 29.6 Å². The zero-order valence-electron chi connectivity index (χ0n) is 18.7. The first-order chi connectivity index (χ1) is 15.2. The molecular weight excluding hydrogens is 408 g/mol. The van der Waals surface area contributed by atoms with Crippen LogP contribution in [0.3, 0.4) is 0 Å². The second kappa shape index (κ2) is 11.3. The Morgan fingerprint density at radius 2 is 1.53 bits per heavy atom. The number of phenols is 2. The van der Waals surface area contributed by atoms with E-state index >= 15 is 0 Å². The molecule has 1 unspecified atom stereocenters. The van der Waals surface area contributed by atoms with Gasteiger partial charge < -0.3 is 20.1 Å². The van der Waals surface area contributed by atoms with Crippen molar-refractivity contribution >= 4 is 23.7 Å². The van der Waals surface area contributed by atoms with E-state index in [-0.39, 0.29) is 29.7 Å². The first-order valence-electron chi connectivity index (χ1n) is 10.5. The molecule has 0 radical (unpaired) electrons. The number of hydrogen-bond acceptors (Lipinski definition) is 6. The molecule has 0 saturated carbocycles. The van der Waals surface area contributed by atoms with Gasteiger partial charge in [0.15, 0.2) is 23.1 Å². The molecule has 0 amide bonds. The third-order valence-electron chi connectivity index (χ3n) is 5.45. The Morgan fingerprint density at radius 1 is 0.969 bits per heavy atom. The van der Waals surface area contributed by atoms with Crippen molar-refractivity contribution in [3.63, 3.8) is 0 Å². The van der Waals surface area contributed by atoms with E-state index in [2.05, 4.69) is 0 Å². The number of aliphatic hydroxyl groups is 1. The molecule has 0 heterocycles. The van der Waals surface area contributed by atoms with Crippen LogP contribution in [-0.4, -0.2) is 34.0 Å². The molecular formula is C26H30O6. The van der Waals surface area contributed by atoms with E-state index in [1.54, 1.807) is 43.3 Å². The van der Waals surface area contributed by atoms with Crippen LogP contribution >= 0.6 is 0 Å². The number of ether oxygens (including phenoxy) is 1. The predicted octanol–water partition coefficient (Wildman–Crippen LogP) is 4.66. The summed E-state index contributed by atoms with van der Waals surface area (Å²) in [5.41, 5.74) is 0.434. The van der Waals surface area contributed by atoms with Crippen molar-refractivity contribution in [3.05, 3.63) is 65.2 Å². The number of ketones is 2. The minimum Gasteiger partial charge on any atom is -0.508 e. The fourth-order valence-corrected chi connectivity index (χ4v) is 3.24. The largest absolute Gasteiger partial charge is 0.508 e. The minimum atomic E-state index is -1.22. The van der Waals surface area contributed by atoms with Gasteiger partial charge in [-0.25, -0.2) is 0 Å². The average Bonchev–Trinajstić information content (AvgIpc) is 2.80. The number of phenolic OH excluding ortho intramolecular Hbond substituents is 1. The Bertz CT molecular complexity index is 943. The highest BCUT2D eigenvalue weighted by Crippen LogP contribution is 2.30. The molecule has 0 aliphatic heterocycles. The van der Waals surface area contributed by atoms with Crippen molar-refractivity contribution in [1.82, 2.24) is 0 Å². The molecule has 2 aromatic rings. The third kappa shape index (κ3) is 6.08. The summed E-state index contributed by atoms with van der Waals surface area (Å²) in [6.07, 6.45) is 7.90. The second-order valence-corrected chi connectivity index (χ2v) is 7.81. The Labute approximate surface area is 188 Å². The standard InChI is InChI=1S/C26H30O6/c1-4-5-14-26(2,24(30)12-8-18-6-10-21(28)20(15-18)17-27)25(31)13-9-19-7-11-22(29)23(16-19)32-3/h6-13,15-16,27-29H,4-5,14,17H2,1-3H3/b12-8+,13-9+. The number of aliphatic hydroxyl groups excluding tert-OH is 1. The SMILES string of the molecule is CCCCC(C)(C(=O)/C=C/c1ccc(O)c(CO)c1)C(=O)/C=C/c1ccc(O)c(OC)c1. The molecule has 170 valence electrons. The third-order valence-corrected chi connectivity index (χ3v) is 5.45. The topological polar surface area (TPSA) is 104 Å². The molecule has 6 heteroatoms. The molecule has 0 fully saturated rings. The Morgan fingerprint density at radius 3 is 2.06 bits per heavy atom. The lowest BCUT2D eigenvalue weighted by molar-refractivity contribution is -0.134. The van der Waals surface area contributed by atoms with Gasteiger partial charge in [-0.05, 0) is 60.9 Å². The number of carbonyl (C=O) groups is 2. The fraction of sp³-hybridized carbons (Fsp3) is 0.308. The van der Waals surface area contributed by atoms with Crippen LogP contribution in [0.4, 0.5) is 0 Å². The summed E-state index contributed by atoms with van der Waals surface area (Å²) in [5, 5.41) is 28.7. The highest BCUT2D eigenvalue weighted by atomic mass is 16.5. The summed E-state index contributed by atoms with van der Waals surface area (Å²) in [7, 11) is 1.44. The molecule has 0 aromatic heterocycles. The number of aromatic hydroxyl groups is 2. The van der Waals surface area contributed by atoms with E-state index in [0.717, 1.165) is 12.8 Å². The lowest BCUT2D eigenvalue weighted by Crippen LogP contribution is -2.34. The summed E-state index contributed by atoms with van der Waals surface area (Å²) in [4.78, 5) is 26.1. The molecule has 0 aliphatic carbocycles. The van der Waals surface area contributed by atoms with Crippen LogP contribution in [-0.2, 0) is 16.2 Å². The van der Waals surface area contributed by atoms with Gasteiger partial charge in [0.1, 0.15) is 5.75 Å². The summed E-state index contributed by atoms with van der Waals surface area (Å²) < 4.78 is 5.09. The summed E-state index contributed by atoms with van der Waals surface area (Å²) in [6.45, 7) is 3.33. The number of hydrogen-bond donors (Lipinski definition) is 3. The maximum absolute atomic E-state index is 13.1. The van der Waals surface area contributed by atoms with Gasteiger partial charge in [-0.15, -0.1) is 0 Å². The summed E-state index contributed by atoms with van der Waals surface area (Å²) >= 11 is 0. The monoisotopic (exact) mass is 438 g/mol. The van der Waals surface area contributed by atoms with Crippen LogP contribution in [0, 0.1) is 5.41 Å². The molecule has 32 heavy (non-hydrogen) atoms. The van der Waals surface area contributed by atoms with Crippen molar-refractivity contribution in [2.75, 3.05) is 7.11 Å². The van der Waals surface area contributed by atoms with Gasteiger partial charge in [-0.2, -0.15) is 0 Å². The highest BCUT2D eigenvalue weighted by molar-refractivity contribution is 6.17. The minimum absolute atomic E-state index is 0.00246. The quantitative estimate of drug-likeness (QED) is 0.348. The maximum atomic E-state index is 13.1. The molecule has 0 saturated heterocycles. The molecule has 2 aromatic carbocycles. The lowest BCUT2D eigenvalue weighted by atomic mass is 9.76. The fourth-order valence-electron chi connectivity index (χ4n) is 3.24. The van der Waals surface area contributed by atoms with E-state index in [1.165, 1.54) is 31.4 Å². The van der Waals surface area contributed by atoms with Crippen LogP contribution < -0.4 is 4.74 Å². The predicted molar refractivity (Wildman–Crippen MR) is 124 cm³/mol. The number of benzene rings is 2. The number of rotatable bonds is 11. The van der Waals surface area contributed by atoms with Crippen molar-refractivity contribution in [1.29, 1.82) is 0 Å². The maximum Gasteiger partial charge on any atom is 0.169 e. The lowest BCUT2D eigenvalue weighted by Gasteiger charge is -2.23. The smallest absolute Gasteiger partial charge is 0.169 e. The van der Waals surface area contributed by atoms with Crippen LogP contribution in [0.15, 0.2) is 48.6 Å². The van der Waals surface area contributed by atoms with Crippen LogP contribution in [0.1, 0.15) is 49.8 Å². The molecule has 6 nitrogen and oxygen atoms in total. The van der Waals surface area contributed by atoms with E-state index in [9.17, 15) is 24.9 Å². The van der Waals surface area contributed by atoms with Crippen LogP contribution in [0.5, 0.6) is 17.2 Å². The molecule has 0 aliphatic rings. The van der Waals surface area contributed by atoms with Gasteiger partial charge in [0, 0.05) is 5.56 Å². The van der Waals surface area contributed by atoms with Crippen LogP contribution in [0.2, 0.25) is 0 Å². The van der Waals surface area contributed by atoms with Crippen molar-refractivity contribution in [2.24, 2.45) is 5.41 Å². The highest BCUT2D eigenvalue weighted by Gasteiger charge is 2.37. The zero-order chi connectivity index (χ0) is 23.7. The van der Waals surface area contributed by atoms with E-state index in [1.807, 2.05) is 6.92 Å². The van der Waals surface area contributed by atoms with Gasteiger partial charge in [0.2, 0.25) is 0 Å². The first kappa shape index (κ1) is 24.9. The number of carbonyl (C=O) groups excluding carboxylic acids is 2. The van der Waals surface area contributed by atoms with Gasteiger partial charge in [0.25, 0.3) is 0 Å². The first-order valence-corrected chi connectivity index (χ1v) is 10.5. The summed E-state index contributed by atoms with van der Waals surface area (Å²) in [5.74, 6) is -0.349. The summed E-state index contributed by atoms with van der Waals surface area (Å²) in [6, 6.07) is 9.39. The molecule has 0 spiro atoms. The normalized spacial score (nSPS) is 13.4. The molecule has 1 atom stereocenters.